The molecule has 0 bridgehead atoms. The summed E-state index contributed by atoms with van der Waals surface area (Å²) < 4.78 is 30.0. The number of aliphatic hydroxyl groups is 1. The lowest BCUT2D eigenvalue weighted by Gasteiger charge is -2.43. The number of halogens is 1. The average molecular weight is 347 g/mol. The van der Waals surface area contributed by atoms with Gasteiger partial charge >= 0.3 is 0 Å². The molecule has 1 saturated heterocycles. The number of ether oxygens (including phenoxy) is 1. The third-order valence-corrected chi connectivity index (χ3v) is 6.11. The van der Waals surface area contributed by atoms with Gasteiger partial charge in [-0.3, -0.25) is 0 Å². The van der Waals surface area contributed by atoms with Crippen LogP contribution in [0.3, 0.4) is 0 Å². The molecule has 104 valence electrons. The van der Waals surface area contributed by atoms with Crippen LogP contribution >= 0.6 is 15.9 Å². The van der Waals surface area contributed by atoms with E-state index in [-0.39, 0.29) is 11.5 Å². The van der Waals surface area contributed by atoms with E-state index in [1.807, 2.05) is 18.2 Å². The Kier molecular flexibility index (Phi) is 3.15. The number of fused-ring (bicyclic) bond motifs is 1. The molecule has 0 saturated carbocycles. The van der Waals surface area contributed by atoms with E-state index in [2.05, 4.69) is 15.9 Å². The van der Waals surface area contributed by atoms with Crippen molar-refractivity contribution in [3.8, 4) is 5.75 Å². The van der Waals surface area contributed by atoms with Crippen LogP contribution in [0.5, 0.6) is 5.75 Å². The zero-order valence-corrected chi connectivity index (χ0v) is 12.7. The Morgan fingerprint density at radius 3 is 2.68 bits per heavy atom. The number of hydrogen-bond donors (Lipinski definition) is 1. The summed E-state index contributed by atoms with van der Waals surface area (Å²) in [6.07, 6.45) is 0.797. The average Bonchev–Trinajstić information content (AvgIpc) is 2.33. The van der Waals surface area contributed by atoms with E-state index in [1.165, 1.54) is 0 Å². The predicted molar refractivity (Wildman–Crippen MR) is 75.0 cm³/mol. The summed E-state index contributed by atoms with van der Waals surface area (Å²) in [6, 6.07) is 5.55. The number of aliphatic hydroxyl groups excluding tert-OH is 1. The van der Waals surface area contributed by atoms with E-state index in [1.54, 1.807) is 0 Å². The van der Waals surface area contributed by atoms with Gasteiger partial charge in [0.25, 0.3) is 0 Å². The molecule has 19 heavy (non-hydrogen) atoms. The van der Waals surface area contributed by atoms with Gasteiger partial charge < -0.3 is 9.84 Å². The second-order valence-corrected chi connectivity index (χ2v) is 8.56. The molecule has 6 heteroatoms. The minimum atomic E-state index is -2.93. The smallest absolute Gasteiger partial charge is 0.150 e. The van der Waals surface area contributed by atoms with E-state index >= 15 is 0 Å². The van der Waals surface area contributed by atoms with E-state index in [4.69, 9.17) is 4.74 Å². The van der Waals surface area contributed by atoms with Crippen LogP contribution in [0.25, 0.3) is 0 Å². The van der Waals surface area contributed by atoms with Crippen LogP contribution < -0.4 is 4.74 Å². The summed E-state index contributed by atoms with van der Waals surface area (Å²) in [6.45, 7) is 0. The fraction of sp³-hybridized carbons (Fsp3) is 0.538. The largest absolute Gasteiger partial charge is 0.487 e. The van der Waals surface area contributed by atoms with Crippen LogP contribution in [0, 0.1) is 0 Å². The molecule has 2 heterocycles. The first-order valence-electron chi connectivity index (χ1n) is 6.26. The SMILES string of the molecule is O=S1(=O)CCC2(CC1)CC(O)c1ccc(Br)cc1O2. The van der Waals surface area contributed by atoms with Gasteiger partial charge in [0.1, 0.15) is 11.4 Å². The summed E-state index contributed by atoms with van der Waals surface area (Å²) in [4.78, 5) is 0. The van der Waals surface area contributed by atoms with Crippen molar-refractivity contribution in [2.24, 2.45) is 0 Å². The maximum absolute atomic E-state index is 11.5. The zero-order valence-electron chi connectivity index (χ0n) is 10.3. The Labute approximate surface area is 120 Å². The molecule has 3 rings (SSSR count). The van der Waals surface area contributed by atoms with Crippen LogP contribution in [0.1, 0.15) is 30.9 Å². The minimum absolute atomic E-state index is 0.142. The molecule has 0 aliphatic carbocycles. The van der Waals surface area contributed by atoms with Crippen molar-refractivity contribution in [3.05, 3.63) is 28.2 Å². The molecule has 1 atom stereocenters. The highest BCUT2D eigenvalue weighted by molar-refractivity contribution is 9.10. The third-order valence-electron chi connectivity index (χ3n) is 3.96. The number of benzene rings is 1. The van der Waals surface area contributed by atoms with Gasteiger partial charge in [-0.2, -0.15) is 0 Å². The summed E-state index contributed by atoms with van der Waals surface area (Å²) >= 11 is 3.38. The molecule has 1 unspecified atom stereocenters. The molecule has 1 aromatic rings. The van der Waals surface area contributed by atoms with Gasteiger partial charge in [-0.05, 0) is 12.1 Å². The van der Waals surface area contributed by atoms with Crippen LogP contribution in [0.2, 0.25) is 0 Å². The fourth-order valence-electron chi connectivity index (χ4n) is 2.83. The van der Waals surface area contributed by atoms with Gasteiger partial charge in [-0.1, -0.05) is 22.0 Å². The first-order chi connectivity index (χ1) is 8.89. The Morgan fingerprint density at radius 2 is 2.00 bits per heavy atom. The topological polar surface area (TPSA) is 63.6 Å². The Morgan fingerprint density at radius 1 is 1.32 bits per heavy atom. The minimum Gasteiger partial charge on any atom is -0.487 e. The standard InChI is InChI=1S/C13H15BrO4S/c14-9-1-2-10-11(15)8-13(18-12(10)7-9)3-5-19(16,17)6-4-13/h1-2,7,11,15H,3-6,8H2. The molecule has 0 amide bonds. The first-order valence-corrected chi connectivity index (χ1v) is 8.88. The maximum atomic E-state index is 11.5. The highest BCUT2D eigenvalue weighted by atomic mass is 79.9. The van der Waals surface area contributed by atoms with Gasteiger partial charge in [0, 0.05) is 29.3 Å². The maximum Gasteiger partial charge on any atom is 0.150 e. The van der Waals surface area contributed by atoms with Crippen LogP contribution in [-0.4, -0.2) is 30.6 Å². The van der Waals surface area contributed by atoms with E-state index in [0.29, 0.717) is 25.0 Å². The lowest BCUT2D eigenvalue weighted by Crippen LogP contribution is -2.47. The second-order valence-electron chi connectivity index (χ2n) is 5.34. The lowest BCUT2D eigenvalue weighted by molar-refractivity contribution is -0.0208. The Hall–Kier alpha value is -0.590. The van der Waals surface area contributed by atoms with Crippen molar-refractivity contribution >= 4 is 25.8 Å². The molecule has 2 aliphatic rings. The summed E-state index contributed by atoms with van der Waals surface area (Å²) in [5.74, 6) is 0.943. The molecule has 1 spiro atoms. The van der Waals surface area contributed by atoms with Gasteiger partial charge in [-0.25, -0.2) is 8.42 Å². The van der Waals surface area contributed by atoms with Crippen molar-refractivity contribution < 1.29 is 18.3 Å². The fourth-order valence-corrected chi connectivity index (χ4v) is 4.74. The monoisotopic (exact) mass is 346 g/mol. The lowest BCUT2D eigenvalue weighted by atomic mass is 9.84. The Balaban J connectivity index is 1.92. The van der Waals surface area contributed by atoms with Gasteiger partial charge in [0.05, 0.1) is 17.6 Å². The molecule has 1 N–H and O–H groups in total. The van der Waals surface area contributed by atoms with Crippen molar-refractivity contribution in [2.45, 2.75) is 31.0 Å². The number of sulfone groups is 1. The molecule has 0 radical (unpaired) electrons. The quantitative estimate of drug-likeness (QED) is 0.782. The summed E-state index contributed by atoms with van der Waals surface area (Å²) in [5.41, 5.74) is 0.251. The molecule has 1 aromatic carbocycles. The molecule has 2 aliphatic heterocycles. The van der Waals surface area contributed by atoms with Crippen molar-refractivity contribution in [1.29, 1.82) is 0 Å². The van der Waals surface area contributed by atoms with Gasteiger partial charge in [0.15, 0.2) is 9.84 Å². The number of rotatable bonds is 0. The van der Waals surface area contributed by atoms with Crippen LogP contribution in [-0.2, 0) is 9.84 Å². The van der Waals surface area contributed by atoms with Crippen molar-refractivity contribution in [2.75, 3.05) is 11.5 Å². The van der Waals surface area contributed by atoms with E-state index in [9.17, 15) is 13.5 Å². The van der Waals surface area contributed by atoms with Gasteiger partial charge in [-0.15, -0.1) is 0 Å². The van der Waals surface area contributed by atoms with E-state index in [0.717, 1.165) is 10.0 Å². The Bertz CT molecular complexity index is 597. The zero-order chi connectivity index (χ0) is 13.7. The molecule has 0 aromatic heterocycles. The second kappa shape index (κ2) is 4.46. The van der Waals surface area contributed by atoms with Gasteiger partial charge in [0.2, 0.25) is 0 Å². The molecular weight excluding hydrogens is 332 g/mol. The number of hydrogen-bond acceptors (Lipinski definition) is 4. The van der Waals surface area contributed by atoms with Crippen molar-refractivity contribution in [3.63, 3.8) is 0 Å². The molecular formula is C13H15BrO4S. The third kappa shape index (κ3) is 2.53. The molecule has 1 fully saturated rings. The highest BCUT2D eigenvalue weighted by Gasteiger charge is 2.44. The van der Waals surface area contributed by atoms with Crippen LogP contribution in [0.4, 0.5) is 0 Å². The van der Waals surface area contributed by atoms with E-state index < -0.39 is 21.5 Å². The molecule has 4 nitrogen and oxygen atoms in total. The normalized spacial score (nSPS) is 27.6. The highest BCUT2D eigenvalue weighted by Crippen LogP contribution is 2.45. The first kappa shape index (κ1) is 13.4. The summed E-state index contributed by atoms with van der Waals surface area (Å²) in [7, 11) is -2.93. The summed E-state index contributed by atoms with van der Waals surface area (Å²) in [5, 5.41) is 10.3. The van der Waals surface area contributed by atoms with Crippen LogP contribution in [0.15, 0.2) is 22.7 Å². The predicted octanol–water partition coefficient (Wildman–Crippen LogP) is 2.21. The van der Waals surface area contributed by atoms with Crippen molar-refractivity contribution in [1.82, 2.24) is 0 Å².